The highest BCUT2D eigenvalue weighted by Crippen LogP contribution is 2.21. The second-order valence-electron chi connectivity index (χ2n) is 5.57. The highest BCUT2D eigenvalue weighted by Gasteiger charge is 2.30. The fraction of sp³-hybridized carbons (Fsp3) is 1.00. The van der Waals surface area contributed by atoms with Crippen molar-refractivity contribution >= 4 is 0 Å². The van der Waals surface area contributed by atoms with Crippen molar-refractivity contribution in [1.82, 2.24) is 10.2 Å². The van der Waals surface area contributed by atoms with Gasteiger partial charge in [-0.1, -0.05) is 6.92 Å². The number of rotatable bonds is 7. The maximum absolute atomic E-state index is 5.53. The third-order valence-electron chi connectivity index (χ3n) is 3.62. The normalized spacial score (nSPS) is 19.9. The van der Waals surface area contributed by atoms with Crippen LogP contribution in [0.25, 0.3) is 0 Å². The third-order valence-corrected chi connectivity index (χ3v) is 3.62. The Balaban J connectivity index is 2.49. The van der Waals surface area contributed by atoms with Crippen LogP contribution in [0.3, 0.4) is 0 Å². The Bertz CT molecular complexity index is 202. The van der Waals surface area contributed by atoms with Gasteiger partial charge in [0.25, 0.3) is 0 Å². The zero-order valence-corrected chi connectivity index (χ0v) is 11.5. The maximum Gasteiger partial charge on any atom is 0.0637 e. The molecule has 1 N–H and O–H groups in total. The first kappa shape index (κ1) is 13.9. The molecule has 0 amide bonds. The molecule has 1 aliphatic heterocycles. The molecule has 0 bridgehead atoms. The highest BCUT2D eigenvalue weighted by atomic mass is 16.5. The molecule has 3 heteroatoms. The van der Waals surface area contributed by atoms with E-state index in [1.807, 2.05) is 7.11 Å². The number of hydrogen-bond donors (Lipinski definition) is 1. The van der Waals surface area contributed by atoms with E-state index in [1.54, 1.807) is 0 Å². The molecule has 0 saturated carbocycles. The van der Waals surface area contributed by atoms with E-state index in [-0.39, 0.29) is 5.60 Å². The Kier molecular flexibility index (Phi) is 5.22. The number of nitrogens with zero attached hydrogens (tertiary/aromatic N) is 1. The molecule has 3 nitrogen and oxygen atoms in total. The molecule has 0 aromatic rings. The molecule has 0 aromatic carbocycles. The molecule has 1 rings (SSSR count). The lowest BCUT2D eigenvalue weighted by Crippen LogP contribution is -2.60. The Hall–Kier alpha value is -0.120. The van der Waals surface area contributed by atoms with Crippen LogP contribution in [0.2, 0.25) is 0 Å². The van der Waals surface area contributed by atoms with Crippen molar-refractivity contribution in [3.63, 3.8) is 0 Å². The molecule has 1 heterocycles. The molecule has 1 aliphatic rings. The summed E-state index contributed by atoms with van der Waals surface area (Å²) in [5.74, 6) is 0. The Morgan fingerprint density at radius 3 is 2.44 bits per heavy atom. The zero-order valence-electron chi connectivity index (χ0n) is 11.5. The van der Waals surface area contributed by atoms with Gasteiger partial charge < -0.3 is 10.1 Å². The maximum atomic E-state index is 5.53. The van der Waals surface area contributed by atoms with Crippen LogP contribution in [-0.2, 0) is 4.74 Å². The molecule has 1 atom stereocenters. The lowest BCUT2D eigenvalue weighted by Gasteiger charge is -2.43. The van der Waals surface area contributed by atoms with Crippen LogP contribution >= 0.6 is 0 Å². The van der Waals surface area contributed by atoms with Crippen molar-refractivity contribution < 1.29 is 4.74 Å². The largest absolute Gasteiger partial charge is 0.379 e. The summed E-state index contributed by atoms with van der Waals surface area (Å²) in [6.45, 7) is 12.4. The predicted molar refractivity (Wildman–Crippen MR) is 68.8 cm³/mol. The van der Waals surface area contributed by atoms with Crippen LogP contribution in [0.1, 0.15) is 40.5 Å². The summed E-state index contributed by atoms with van der Waals surface area (Å²) < 4.78 is 5.53. The predicted octanol–water partition coefficient (Wildman–Crippen LogP) is 1.87. The minimum Gasteiger partial charge on any atom is -0.379 e. The van der Waals surface area contributed by atoms with Crippen molar-refractivity contribution in [2.45, 2.75) is 58.2 Å². The van der Waals surface area contributed by atoms with Gasteiger partial charge in [-0.2, -0.15) is 0 Å². The van der Waals surface area contributed by atoms with Crippen molar-refractivity contribution in [1.29, 1.82) is 0 Å². The van der Waals surface area contributed by atoms with Gasteiger partial charge in [0, 0.05) is 32.3 Å². The molecule has 1 fully saturated rings. The molecule has 16 heavy (non-hydrogen) atoms. The number of nitrogens with one attached hydrogen (secondary N) is 1. The highest BCUT2D eigenvalue weighted by molar-refractivity contribution is 4.89. The van der Waals surface area contributed by atoms with Gasteiger partial charge in [0.05, 0.1) is 5.60 Å². The molecular formula is C13H28N2O. The van der Waals surface area contributed by atoms with Crippen molar-refractivity contribution in [3.8, 4) is 0 Å². The average Bonchev–Trinajstić information content (AvgIpc) is 2.14. The van der Waals surface area contributed by atoms with E-state index in [0.717, 1.165) is 25.6 Å². The van der Waals surface area contributed by atoms with Crippen LogP contribution in [0, 0.1) is 0 Å². The average molecular weight is 228 g/mol. The standard InChI is InChI=1S/C13H28N2O/c1-6-7-15(12-9-14-10-12)11(2)8-13(3,4)16-5/h11-12,14H,6-10H2,1-5H3. The number of methoxy groups -OCH3 is 1. The fourth-order valence-corrected chi connectivity index (χ4v) is 2.44. The van der Waals surface area contributed by atoms with E-state index in [2.05, 4.69) is 37.9 Å². The second kappa shape index (κ2) is 5.99. The molecule has 96 valence electrons. The van der Waals surface area contributed by atoms with E-state index in [0.29, 0.717) is 6.04 Å². The van der Waals surface area contributed by atoms with E-state index >= 15 is 0 Å². The molecular weight excluding hydrogens is 200 g/mol. The van der Waals surface area contributed by atoms with Crippen LogP contribution in [0.5, 0.6) is 0 Å². The van der Waals surface area contributed by atoms with Crippen LogP contribution in [-0.4, -0.2) is 49.3 Å². The van der Waals surface area contributed by atoms with Crippen molar-refractivity contribution in [3.05, 3.63) is 0 Å². The molecule has 0 radical (unpaired) electrons. The summed E-state index contributed by atoms with van der Waals surface area (Å²) >= 11 is 0. The smallest absolute Gasteiger partial charge is 0.0637 e. The second-order valence-corrected chi connectivity index (χ2v) is 5.57. The summed E-state index contributed by atoms with van der Waals surface area (Å²) in [6, 6.07) is 1.34. The number of hydrogen-bond acceptors (Lipinski definition) is 3. The van der Waals surface area contributed by atoms with Gasteiger partial charge in [0.2, 0.25) is 0 Å². The summed E-state index contributed by atoms with van der Waals surface area (Å²) in [7, 11) is 1.81. The van der Waals surface area contributed by atoms with Crippen LogP contribution in [0.4, 0.5) is 0 Å². The SMILES string of the molecule is CCCN(C(C)CC(C)(C)OC)C1CNC1. The summed E-state index contributed by atoms with van der Waals surface area (Å²) in [6.07, 6.45) is 2.33. The van der Waals surface area contributed by atoms with Crippen molar-refractivity contribution in [2.24, 2.45) is 0 Å². The van der Waals surface area contributed by atoms with E-state index < -0.39 is 0 Å². The van der Waals surface area contributed by atoms with Crippen LogP contribution in [0.15, 0.2) is 0 Å². The lowest BCUT2D eigenvalue weighted by atomic mass is 9.96. The summed E-state index contributed by atoms with van der Waals surface area (Å²) in [4.78, 5) is 2.64. The molecule has 0 spiro atoms. The van der Waals surface area contributed by atoms with Gasteiger partial charge in [-0.3, -0.25) is 4.90 Å². The zero-order chi connectivity index (χ0) is 12.2. The molecule has 0 aromatic heterocycles. The molecule has 1 saturated heterocycles. The van der Waals surface area contributed by atoms with Gasteiger partial charge >= 0.3 is 0 Å². The monoisotopic (exact) mass is 228 g/mol. The first-order valence-electron chi connectivity index (χ1n) is 6.51. The fourth-order valence-electron chi connectivity index (χ4n) is 2.44. The van der Waals surface area contributed by atoms with E-state index in [9.17, 15) is 0 Å². The van der Waals surface area contributed by atoms with Crippen LogP contribution < -0.4 is 5.32 Å². The van der Waals surface area contributed by atoms with E-state index in [1.165, 1.54) is 13.0 Å². The first-order chi connectivity index (χ1) is 7.50. The molecule has 0 aliphatic carbocycles. The van der Waals surface area contributed by atoms with Crippen molar-refractivity contribution in [2.75, 3.05) is 26.7 Å². The summed E-state index contributed by atoms with van der Waals surface area (Å²) in [5, 5.41) is 3.36. The van der Waals surface area contributed by atoms with Gasteiger partial charge in [0.1, 0.15) is 0 Å². The minimum atomic E-state index is -0.0113. The Labute approximate surface area is 101 Å². The first-order valence-corrected chi connectivity index (χ1v) is 6.51. The minimum absolute atomic E-state index is 0.0113. The quantitative estimate of drug-likeness (QED) is 0.720. The van der Waals surface area contributed by atoms with E-state index in [4.69, 9.17) is 4.74 Å². The van der Waals surface area contributed by atoms with Gasteiger partial charge in [0.15, 0.2) is 0 Å². The van der Waals surface area contributed by atoms with Gasteiger partial charge in [-0.25, -0.2) is 0 Å². The topological polar surface area (TPSA) is 24.5 Å². The number of ether oxygens (including phenoxy) is 1. The molecule has 1 unspecified atom stereocenters. The van der Waals surface area contributed by atoms with Gasteiger partial charge in [-0.15, -0.1) is 0 Å². The summed E-state index contributed by atoms with van der Waals surface area (Å²) in [5.41, 5.74) is -0.0113. The van der Waals surface area contributed by atoms with Gasteiger partial charge in [-0.05, 0) is 40.2 Å². The Morgan fingerprint density at radius 2 is 2.06 bits per heavy atom. The lowest BCUT2D eigenvalue weighted by molar-refractivity contribution is -0.0167. The third kappa shape index (κ3) is 3.72. The Morgan fingerprint density at radius 1 is 1.44 bits per heavy atom.